The Kier molecular flexibility index (Phi) is 4.82. The summed E-state index contributed by atoms with van der Waals surface area (Å²) >= 11 is 0. The van der Waals surface area contributed by atoms with E-state index < -0.39 is 0 Å². The van der Waals surface area contributed by atoms with Gasteiger partial charge in [0, 0.05) is 13.3 Å². The van der Waals surface area contributed by atoms with Gasteiger partial charge in [-0.2, -0.15) is 0 Å². The molecule has 0 unspecified atom stereocenters. The van der Waals surface area contributed by atoms with Crippen LogP contribution in [0.1, 0.15) is 34.6 Å². The van der Waals surface area contributed by atoms with E-state index in [1.54, 1.807) is 7.05 Å². The zero-order valence-electron chi connectivity index (χ0n) is 10.4. The first-order valence-corrected chi connectivity index (χ1v) is 5.12. The lowest BCUT2D eigenvalue weighted by atomic mass is 9.85. The number of nitrogens with zero attached hydrogens (tertiary/aromatic N) is 1. The van der Waals surface area contributed by atoms with Crippen LogP contribution in [0.3, 0.4) is 0 Å². The van der Waals surface area contributed by atoms with E-state index in [0.29, 0.717) is 5.92 Å². The Morgan fingerprint density at radius 1 is 1.29 bits per heavy atom. The minimum absolute atomic E-state index is 0.136. The zero-order valence-corrected chi connectivity index (χ0v) is 10.4. The summed E-state index contributed by atoms with van der Waals surface area (Å²) in [6.45, 7) is 14.9. The van der Waals surface area contributed by atoms with Crippen molar-refractivity contribution in [1.29, 1.82) is 0 Å². The fourth-order valence-corrected chi connectivity index (χ4v) is 0.953. The maximum atomic E-state index is 4.08. The van der Waals surface area contributed by atoms with Crippen LogP contribution >= 0.6 is 0 Å². The monoisotopic (exact) mass is 193 g/mol. The van der Waals surface area contributed by atoms with Crippen molar-refractivity contribution in [3.05, 3.63) is 23.8 Å². The summed E-state index contributed by atoms with van der Waals surface area (Å²) in [5, 5.41) is 0. The van der Waals surface area contributed by atoms with Crippen LogP contribution in [0.15, 0.2) is 28.8 Å². The van der Waals surface area contributed by atoms with Gasteiger partial charge in [-0.05, 0) is 16.9 Å². The van der Waals surface area contributed by atoms with E-state index >= 15 is 0 Å². The molecule has 0 bridgehead atoms. The average Bonchev–Trinajstić information content (AvgIpc) is 2.01. The van der Waals surface area contributed by atoms with E-state index in [1.165, 1.54) is 5.57 Å². The first kappa shape index (κ1) is 13.2. The third kappa shape index (κ3) is 4.40. The summed E-state index contributed by atoms with van der Waals surface area (Å²) in [6, 6.07) is 0. The first-order chi connectivity index (χ1) is 6.29. The van der Waals surface area contributed by atoms with Gasteiger partial charge in [-0.1, -0.05) is 52.8 Å². The molecule has 0 aliphatic rings. The minimum Gasteiger partial charge on any atom is -0.296 e. The quantitative estimate of drug-likeness (QED) is 0.476. The Labute approximate surface area is 88.6 Å². The molecule has 0 aliphatic carbocycles. The average molecular weight is 193 g/mol. The lowest BCUT2D eigenvalue weighted by molar-refractivity contribution is 0.525. The van der Waals surface area contributed by atoms with Crippen LogP contribution in [0.4, 0.5) is 0 Å². The van der Waals surface area contributed by atoms with Gasteiger partial charge in [0.2, 0.25) is 0 Å². The summed E-state index contributed by atoms with van der Waals surface area (Å²) in [7, 11) is 1.80. The predicted octanol–water partition coefficient (Wildman–Crippen LogP) is 3.87. The maximum Gasteiger partial charge on any atom is 0.0277 e. The van der Waals surface area contributed by atoms with Gasteiger partial charge in [-0.3, -0.25) is 4.99 Å². The lowest BCUT2D eigenvalue weighted by Crippen LogP contribution is -2.11. The van der Waals surface area contributed by atoms with Crippen LogP contribution in [-0.2, 0) is 0 Å². The van der Waals surface area contributed by atoms with E-state index in [-0.39, 0.29) is 5.41 Å². The Morgan fingerprint density at radius 3 is 2.07 bits per heavy atom. The van der Waals surface area contributed by atoms with E-state index in [9.17, 15) is 0 Å². The molecule has 0 aromatic heterocycles. The second-order valence-electron chi connectivity index (χ2n) is 4.97. The number of hydrogen-bond acceptors (Lipinski definition) is 1. The van der Waals surface area contributed by atoms with Crippen molar-refractivity contribution in [2.24, 2.45) is 16.3 Å². The molecule has 0 amide bonds. The molecule has 80 valence electrons. The number of allylic oxidation sites excluding steroid dienone is 3. The lowest BCUT2D eigenvalue weighted by Gasteiger charge is -2.20. The number of rotatable bonds is 3. The number of hydrogen-bond donors (Lipinski definition) is 0. The highest BCUT2D eigenvalue weighted by atomic mass is 14.6. The topological polar surface area (TPSA) is 12.4 Å². The van der Waals surface area contributed by atoms with Crippen LogP contribution < -0.4 is 0 Å². The summed E-state index contributed by atoms with van der Waals surface area (Å²) < 4.78 is 0. The molecular weight excluding hydrogens is 170 g/mol. The molecule has 0 aliphatic heterocycles. The predicted molar refractivity (Wildman–Crippen MR) is 65.9 cm³/mol. The molecule has 0 saturated carbocycles. The maximum absolute atomic E-state index is 4.08. The minimum atomic E-state index is 0.136. The van der Waals surface area contributed by atoms with Crippen LogP contribution in [0.25, 0.3) is 0 Å². The van der Waals surface area contributed by atoms with E-state index in [0.717, 1.165) is 5.57 Å². The third-order valence-electron chi connectivity index (χ3n) is 2.22. The van der Waals surface area contributed by atoms with E-state index in [1.807, 2.05) is 6.21 Å². The van der Waals surface area contributed by atoms with Gasteiger partial charge in [-0.15, -0.1) is 0 Å². The highest BCUT2D eigenvalue weighted by Gasteiger charge is 2.15. The molecule has 0 aromatic carbocycles. The molecule has 14 heavy (non-hydrogen) atoms. The van der Waals surface area contributed by atoms with Crippen molar-refractivity contribution in [3.63, 3.8) is 0 Å². The van der Waals surface area contributed by atoms with Gasteiger partial charge in [0.15, 0.2) is 0 Å². The zero-order chi connectivity index (χ0) is 11.4. The van der Waals surface area contributed by atoms with Crippen LogP contribution in [-0.4, -0.2) is 13.3 Å². The highest BCUT2D eigenvalue weighted by molar-refractivity contribution is 5.80. The summed E-state index contributed by atoms with van der Waals surface area (Å²) in [4.78, 5) is 4.08. The van der Waals surface area contributed by atoms with Crippen LogP contribution in [0.5, 0.6) is 0 Å². The van der Waals surface area contributed by atoms with Crippen molar-refractivity contribution >= 4 is 6.21 Å². The molecule has 0 rings (SSSR count). The van der Waals surface area contributed by atoms with Crippen LogP contribution in [0, 0.1) is 11.3 Å². The van der Waals surface area contributed by atoms with Gasteiger partial charge in [0.25, 0.3) is 0 Å². The molecule has 0 atom stereocenters. The Morgan fingerprint density at radius 2 is 1.79 bits per heavy atom. The second kappa shape index (κ2) is 5.14. The molecule has 0 fully saturated rings. The van der Waals surface area contributed by atoms with Crippen molar-refractivity contribution < 1.29 is 0 Å². The summed E-state index contributed by atoms with van der Waals surface area (Å²) in [5.41, 5.74) is 2.53. The van der Waals surface area contributed by atoms with E-state index in [4.69, 9.17) is 0 Å². The third-order valence-corrected chi connectivity index (χ3v) is 2.22. The largest absolute Gasteiger partial charge is 0.296 e. The van der Waals surface area contributed by atoms with Gasteiger partial charge in [-0.25, -0.2) is 0 Å². The Balaban J connectivity index is 4.93. The van der Waals surface area contributed by atoms with Gasteiger partial charge in [0.1, 0.15) is 0 Å². The molecule has 0 spiro atoms. The van der Waals surface area contributed by atoms with Crippen molar-refractivity contribution in [2.75, 3.05) is 7.05 Å². The smallest absolute Gasteiger partial charge is 0.0277 e. The molecular formula is C13H23N. The van der Waals surface area contributed by atoms with Crippen molar-refractivity contribution in [3.8, 4) is 0 Å². The fraction of sp³-hybridized carbons (Fsp3) is 0.615. The molecule has 0 radical (unpaired) electrons. The second-order valence-corrected chi connectivity index (χ2v) is 4.97. The Bertz CT molecular complexity index is 249. The molecule has 1 heteroatoms. The normalized spacial score (nSPS) is 14.1. The van der Waals surface area contributed by atoms with Gasteiger partial charge in [0.05, 0.1) is 0 Å². The molecule has 0 heterocycles. The molecule has 0 aromatic rings. The SMILES string of the molecule is C=C(/C=C(\C=N/C)C(C)(C)C)C(C)C. The van der Waals surface area contributed by atoms with Gasteiger partial charge >= 0.3 is 0 Å². The fourth-order valence-electron chi connectivity index (χ4n) is 0.953. The van der Waals surface area contributed by atoms with Crippen molar-refractivity contribution in [1.82, 2.24) is 0 Å². The first-order valence-electron chi connectivity index (χ1n) is 5.12. The molecule has 0 saturated heterocycles. The van der Waals surface area contributed by atoms with E-state index in [2.05, 4.69) is 52.3 Å². The Hall–Kier alpha value is -0.850. The van der Waals surface area contributed by atoms with Gasteiger partial charge < -0.3 is 0 Å². The summed E-state index contributed by atoms with van der Waals surface area (Å²) in [6.07, 6.45) is 4.07. The standard InChI is InChI=1S/C13H23N/c1-10(2)11(3)8-12(9-14-7)13(4,5)6/h8-10H,3H2,1-2,4-7H3/b12-8+,14-9-. The summed E-state index contributed by atoms with van der Waals surface area (Å²) in [5.74, 6) is 0.498. The molecule has 1 nitrogen and oxygen atoms in total. The van der Waals surface area contributed by atoms with Crippen LogP contribution in [0.2, 0.25) is 0 Å². The molecule has 0 N–H and O–H groups in total. The van der Waals surface area contributed by atoms with Crippen molar-refractivity contribution in [2.45, 2.75) is 34.6 Å². The number of aliphatic imine (C=N–C) groups is 1. The highest BCUT2D eigenvalue weighted by Crippen LogP contribution is 2.25.